The summed E-state index contributed by atoms with van der Waals surface area (Å²) in [5.74, 6) is 0.847. The number of anilines is 1. The molecule has 2 aromatic carbocycles. The SMILES string of the molecule is CCOc1ccc(CC(=O)NCC2CCCN2c2nc3ccccc3o2)cc1. The molecule has 1 N–H and O–H groups in total. The van der Waals surface area contributed by atoms with E-state index in [4.69, 9.17) is 9.15 Å². The molecule has 0 aliphatic carbocycles. The third-order valence-electron chi connectivity index (χ3n) is 5.04. The molecule has 1 atom stereocenters. The van der Waals surface area contributed by atoms with Crippen LogP contribution in [0.25, 0.3) is 11.1 Å². The fourth-order valence-corrected chi connectivity index (χ4v) is 3.63. The normalized spacial score (nSPS) is 16.5. The van der Waals surface area contributed by atoms with Crippen LogP contribution in [0.1, 0.15) is 25.3 Å². The number of benzene rings is 2. The highest BCUT2D eigenvalue weighted by molar-refractivity contribution is 5.78. The van der Waals surface area contributed by atoms with Crippen LogP contribution < -0.4 is 15.0 Å². The summed E-state index contributed by atoms with van der Waals surface area (Å²) < 4.78 is 11.3. The molecular formula is C22H25N3O3. The number of nitrogens with one attached hydrogen (secondary N) is 1. The van der Waals surface area contributed by atoms with Gasteiger partial charge in [-0.25, -0.2) is 0 Å². The Bertz CT molecular complexity index is 903. The van der Waals surface area contributed by atoms with Crippen LogP contribution in [-0.2, 0) is 11.2 Å². The lowest BCUT2D eigenvalue weighted by Gasteiger charge is -2.23. The van der Waals surface area contributed by atoms with Gasteiger partial charge in [-0.15, -0.1) is 0 Å². The second-order valence-electron chi connectivity index (χ2n) is 7.01. The second kappa shape index (κ2) is 8.33. The fourth-order valence-electron chi connectivity index (χ4n) is 3.63. The van der Waals surface area contributed by atoms with Crippen LogP contribution in [0, 0.1) is 0 Å². The van der Waals surface area contributed by atoms with Crippen LogP contribution >= 0.6 is 0 Å². The van der Waals surface area contributed by atoms with Crippen LogP contribution in [0.5, 0.6) is 5.75 Å². The number of amides is 1. The molecule has 0 saturated carbocycles. The Kier molecular flexibility index (Phi) is 5.46. The highest BCUT2D eigenvalue weighted by Gasteiger charge is 2.28. The van der Waals surface area contributed by atoms with E-state index in [9.17, 15) is 4.79 Å². The first kappa shape index (κ1) is 18.3. The minimum atomic E-state index is 0.0218. The number of rotatable bonds is 7. The third kappa shape index (κ3) is 4.11. The molecule has 0 bridgehead atoms. The molecule has 3 aromatic rings. The van der Waals surface area contributed by atoms with E-state index < -0.39 is 0 Å². The summed E-state index contributed by atoms with van der Waals surface area (Å²) in [5, 5.41) is 3.07. The number of ether oxygens (including phenoxy) is 1. The lowest BCUT2D eigenvalue weighted by Crippen LogP contribution is -2.40. The van der Waals surface area contributed by atoms with E-state index in [1.165, 1.54) is 0 Å². The van der Waals surface area contributed by atoms with Crippen molar-refractivity contribution in [3.05, 3.63) is 54.1 Å². The summed E-state index contributed by atoms with van der Waals surface area (Å²) in [4.78, 5) is 19.1. The lowest BCUT2D eigenvalue weighted by molar-refractivity contribution is -0.120. The van der Waals surface area contributed by atoms with Crippen molar-refractivity contribution >= 4 is 23.0 Å². The number of para-hydroxylation sites is 2. The fraction of sp³-hybridized carbons (Fsp3) is 0.364. The number of aromatic nitrogens is 1. The molecule has 1 fully saturated rings. The molecule has 1 saturated heterocycles. The molecule has 1 aromatic heterocycles. The standard InChI is InChI=1S/C22H25N3O3/c1-2-27-18-11-9-16(10-12-18)14-21(26)23-15-17-6-5-13-25(17)22-24-19-7-3-4-8-20(19)28-22/h3-4,7-12,17H,2,5-6,13-15H2,1H3,(H,23,26). The van der Waals surface area contributed by atoms with Gasteiger partial charge in [0.2, 0.25) is 5.91 Å². The van der Waals surface area contributed by atoms with Gasteiger partial charge in [0.05, 0.1) is 19.1 Å². The van der Waals surface area contributed by atoms with Gasteiger partial charge in [-0.3, -0.25) is 4.79 Å². The predicted molar refractivity (Wildman–Crippen MR) is 109 cm³/mol. The van der Waals surface area contributed by atoms with Crippen LogP contribution in [-0.4, -0.2) is 36.6 Å². The van der Waals surface area contributed by atoms with Crippen LogP contribution in [0.15, 0.2) is 52.9 Å². The molecule has 6 heteroatoms. The first-order valence-corrected chi connectivity index (χ1v) is 9.83. The maximum absolute atomic E-state index is 12.4. The summed E-state index contributed by atoms with van der Waals surface area (Å²) in [6, 6.07) is 16.3. The van der Waals surface area contributed by atoms with E-state index >= 15 is 0 Å². The molecule has 1 aliphatic heterocycles. The molecule has 1 aliphatic rings. The zero-order valence-corrected chi connectivity index (χ0v) is 16.1. The molecule has 0 radical (unpaired) electrons. The number of oxazole rings is 1. The molecule has 6 nitrogen and oxygen atoms in total. The van der Waals surface area contributed by atoms with E-state index in [0.29, 0.717) is 25.6 Å². The third-order valence-corrected chi connectivity index (χ3v) is 5.04. The summed E-state index contributed by atoms with van der Waals surface area (Å²) in [6.07, 6.45) is 2.45. The van der Waals surface area contributed by atoms with Gasteiger partial charge in [0.25, 0.3) is 6.01 Å². The largest absolute Gasteiger partial charge is 0.494 e. The summed E-state index contributed by atoms with van der Waals surface area (Å²) in [6.45, 7) is 4.08. The highest BCUT2D eigenvalue weighted by Crippen LogP contribution is 2.28. The molecular weight excluding hydrogens is 354 g/mol. The first-order valence-electron chi connectivity index (χ1n) is 9.83. The Morgan fingerprint density at radius 1 is 1.25 bits per heavy atom. The van der Waals surface area contributed by atoms with Crippen molar-refractivity contribution in [1.29, 1.82) is 0 Å². The maximum atomic E-state index is 12.4. The molecule has 1 amide bonds. The number of fused-ring (bicyclic) bond motifs is 1. The minimum absolute atomic E-state index is 0.0218. The average molecular weight is 379 g/mol. The quantitative estimate of drug-likeness (QED) is 0.680. The van der Waals surface area contributed by atoms with Crippen molar-refractivity contribution in [1.82, 2.24) is 10.3 Å². The molecule has 0 spiro atoms. The zero-order chi connectivity index (χ0) is 19.3. The molecule has 4 rings (SSSR count). The maximum Gasteiger partial charge on any atom is 0.298 e. The second-order valence-corrected chi connectivity index (χ2v) is 7.01. The van der Waals surface area contributed by atoms with Gasteiger partial charge >= 0.3 is 0 Å². The Hall–Kier alpha value is -3.02. The number of hydrogen-bond acceptors (Lipinski definition) is 5. The average Bonchev–Trinajstić information content (AvgIpc) is 3.34. The van der Waals surface area contributed by atoms with Gasteiger partial charge in [0.1, 0.15) is 11.3 Å². The van der Waals surface area contributed by atoms with Crippen molar-refractivity contribution in [2.45, 2.75) is 32.2 Å². The Morgan fingerprint density at radius 3 is 2.86 bits per heavy atom. The number of hydrogen-bond donors (Lipinski definition) is 1. The highest BCUT2D eigenvalue weighted by atomic mass is 16.5. The predicted octanol–water partition coefficient (Wildman–Crippen LogP) is 3.55. The van der Waals surface area contributed by atoms with Crippen molar-refractivity contribution in [3.8, 4) is 5.75 Å². The van der Waals surface area contributed by atoms with Gasteiger partial charge < -0.3 is 19.4 Å². The van der Waals surface area contributed by atoms with E-state index in [0.717, 1.165) is 41.8 Å². The van der Waals surface area contributed by atoms with Gasteiger partial charge in [0, 0.05) is 13.1 Å². The van der Waals surface area contributed by atoms with Crippen LogP contribution in [0.3, 0.4) is 0 Å². The van der Waals surface area contributed by atoms with Crippen molar-refractivity contribution in [2.24, 2.45) is 0 Å². The van der Waals surface area contributed by atoms with E-state index in [2.05, 4.69) is 15.2 Å². The van der Waals surface area contributed by atoms with Gasteiger partial charge in [-0.2, -0.15) is 4.98 Å². The number of carbonyl (C=O) groups excluding carboxylic acids is 1. The van der Waals surface area contributed by atoms with Crippen molar-refractivity contribution in [2.75, 3.05) is 24.6 Å². The van der Waals surface area contributed by atoms with Gasteiger partial charge in [0.15, 0.2) is 5.58 Å². The van der Waals surface area contributed by atoms with E-state index in [1.54, 1.807) is 0 Å². The first-order chi connectivity index (χ1) is 13.7. The van der Waals surface area contributed by atoms with Crippen molar-refractivity contribution in [3.63, 3.8) is 0 Å². The molecule has 1 unspecified atom stereocenters. The molecule has 28 heavy (non-hydrogen) atoms. The van der Waals surface area contributed by atoms with Gasteiger partial charge in [-0.05, 0) is 49.6 Å². The smallest absolute Gasteiger partial charge is 0.298 e. The van der Waals surface area contributed by atoms with Crippen LogP contribution in [0.2, 0.25) is 0 Å². The van der Waals surface area contributed by atoms with E-state index in [-0.39, 0.29) is 11.9 Å². The van der Waals surface area contributed by atoms with Gasteiger partial charge in [-0.1, -0.05) is 24.3 Å². The number of nitrogens with zero attached hydrogens (tertiary/aromatic N) is 2. The number of carbonyl (C=O) groups is 1. The zero-order valence-electron chi connectivity index (χ0n) is 16.1. The lowest BCUT2D eigenvalue weighted by atomic mass is 10.1. The van der Waals surface area contributed by atoms with Crippen LogP contribution in [0.4, 0.5) is 6.01 Å². The molecule has 2 heterocycles. The van der Waals surface area contributed by atoms with Crippen molar-refractivity contribution < 1.29 is 13.9 Å². The minimum Gasteiger partial charge on any atom is -0.494 e. The molecule has 146 valence electrons. The summed E-state index contributed by atoms with van der Waals surface area (Å²) in [5.41, 5.74) is 2.63. The monoisotopic (exact) mass is 379 g/mol. The Morgan fingerprint density at radius 2 is 2.07 bits per heavy atom. The summed E-state index contributed by atoms with van der Waals surface area (Å²) >= 11 is 0. The Labute approximate surface area is 164 Å². The Balaban J connectivity index is 1.33. The summed E-state index contributed by atoms with van der Waals surface area (Å²) in [7, 11) is 0. The van der Waals surface area contributed by atoms with E-state index in [1.807, 2.05) is 55.5 Å². The topological polar surface area (TPSA) is 67.6 Å².